The van der Waals surface area contributed by atoms with Gasteiger partial charge in [-0.05, 0) is 55.4 Å². The lowest BCUT2D eigenvalue weighted by molar-refractivity contribution is -0.133. The molecule has 1 heterocycles. The monoisotopic (exact) mass is 474 g/mol. The Morgan fingerprint density at radius 2 is 1.94 bits per heavy atom. The van der Waals surface area contributed by atoms with Gasteiger partial charge in [0.25, 0.3) is 0 Å². The molecule has 5 nitrogen and oxygen atoms in total. The van der Waals surface area contributed by atoms with Gasteiger partial charge in [0.1, 0.15) is 0 Å². The Morgan fingerprint density at radius 1 is 1.19 bits per heavy atom. The van der Waals surface area contributed by atoms with Crippen LogP contribution in [0.4, 0.5) is 5.13 Å². The van der Waals surface area contributed by atoms with Crippen molar-refractivity contribution in [1.82, 2.24) is 4.98 Å². The van der Waals surface area contributed by atoms with Gasteiger partial charge in [-0.1, -0.05) is 67.9 Å². The first-order valence-electron chi connectivity index (χ1n) is 11.7. The third-order valence-corrected chi connectivity index (χ3v) is 8.69. The maximum absolute atomic E-state index is 12.6. The molecule has 1 fully saturated rings. The van der Waals surface area contributed by atoms with Gasteiger partial charge in [0.2, 0.25) is 5.91 Å². The van der Waals surface area contributed by atoms with Crippen molar-refractivity contribution in [2.75, 3.05) is 11.1 Å². The first-order valence-corrected chi connectivity index (χ1v) is 13.5. The van der Waals surface area contributed by atoms with Gasteiger partial charge in [-0.2, -0.15) is 0 Å². The van der Waals surface area contributed by atoms with Crippen LogP contribution in [0.15, 0.2) is 40.7 Å². The van der Waals surface area contributed by atoms with Crippen molar-refractivity contribution in [1.29, 1.82) is 0 Å². The summed E-state index contributed by atoms with van der Waals surface area (Å²) in [6.07, 6.45) is 11.7. The largest absolute Gasteiger partial charge is 0.481 e. The molecule has 1 atom stereocenters. The number of aryl methyl sites for hydroxylation is 1. The fraction of sp³-hybridized carbons (Fsp3) is 0.560. The first kappa shape index (κ1) is 24.8. The second-order valence-electron chi connectivity index (χ2n) is 8.73. The molecule has 1 aliphatic carbocycles. The minimum atomic E-state index is -0.858. The Hall–Kier alpha value is -1.86. The number of hydrogen-bond donors (Lipinski definition) is 2. The second kappa shape index (κ2) is 13.0. The highest BCUT2D eigenvalue weighted by molar-refractivity contribution is 8.01. The summed E-state index contributed by atoms with van der Waals surface area (Å²) >= 11 is 2.56. The highest BCUT2D eigenvalue weighted by atomic mass is 32.2. The van der Waals surface area contributed by atoms with Crippen molar-refractivity contribution < 1.29 is 14.7 Å². The van der Waals surface area contributed by atoms with Crippen molar-refractivity contribution in [3.63, 3.8) is 0 Å². The molecule has 2 N–H and O–H groups in total. The van der Waals surface area contributed by atoms with E-state index in [4.69, 9.17) is 5.11 Å². The number of carboxylic acids is 1. The summed E-state index contributed by atoms with van der Waals surface area (Å²) in [7, 11) is 0. The molecule has 0 bridgehead atoms. The molecule has 0 radical (unpaired) electrons. The lowest BCUT2D eigenvalue weighted by Gasteiger charge is -2.34. The number of amides is 1. The van der Waals surface area contributed by atoms with Crippen LogP contribution in [0.1, 0.15) is 63.9 Å². The normalized spacial score (nSPS) is 19.4. The molecule has 3 rings (SSSR count). The Bertz CT molecular complexity index is 848. The van der Waals surface area contributed by atoms with E-state index in [9.17, 15) is 9.59 Å². The summed E-state index contributed by atoms with van der Waals surface area (Å²) in [6.45, 7) is 2.30. The summed E-state index contributed by atoms with van der Waals surface area (Å²) in [4.78, 5) is 27.5. The third kappa shape index (κ3) is 8.24. The number of aliphatic carboxylic acids is 1. The van der Waals surface area contributed by atoms with Crippen LogP contribution in [0.5, 0.6) is 0 Å². The van der Waals surface area contributed by atoms with Crippen LogP contribution in [0.2, 0.25) is 0 Å². The molecular formula is C25H34N2O3S2. The Kier molecular flexibility index (Phi) is 10.1. The third-order valence-electron chi connectivity index (χ3n) is 6.59. The minimum absolute atomic E-state index is 0.00101. The molecular weight excluding hydrogens is 440 g/mol. The maximum atomic E-state index is 12.6. The number of nitrogens with one attached hydrogen (secondary N) is 1. The van der Waals surface area contributed by atoms with Gasteiger partial charge in [0.05, 0.1) is 16.2 Å². The van der Waals surface area contributed by atoms with Crippen molar-refractivity contribution in [2.24, 2.45) is 17.8 Å². The van der Waals surface area contributed by atoms with Crippen molar-refractivity contribution in [3.05, 3.63) is 42.1 Å². The van der Waals surface area contributed by atoms with E-state index in [-0.39, 0.29) is 11.7 Å². The van der Waals surface area contributed by atoms with Crippen LogP contribution in [0, 0.1) is 17.8 Å². The number of nitrogens with zero attached hydrogens (tertiary/aromatic N) is 1. The molecule has 0 saturated heterocycles. The fourth-order valence-corrected chi connectivity index (χ4v) is 6.30. The number of rotatable bonds is 12. The predicted octanol–water partition coefficient (Wildman–Crippen LogP) is 6.50. The van der Waals surface area contributed by atoms with Crippen LogP contribution < -0.4 is 5.32 Å². The van der Waals surface area contributed by atoms with Crippen molar-refractivity contribution in [3.8, 4) is 0 Å². The van der Waals surface area contributed by atoms with Crippen molar-refractivity contribution in [2.45, 2.75) is 68.9 Å². The highest BCUT2D eigenvalue weighted by Crippen LogP contribution is 2.38. The standard InChI is InChI=1S/C25H34N2O3S2/c1-2-18-8-11-20(12-9-18)21(13-10-19-6-4-3-5-7-19)14-15-22(28)27-25-26-16-24(32-25)31-17-23(29)30/h3-7,16,18,20-21H,2,8-15,17H2,1H3,(H,29,30)(H,26,27,28). The Morgan fingerprint density at radius 3 is 2.62 bits per heavy atom. The molecule has 1 saturated carbocycles. The molecule has 7 heteroatoms. The number of aromatic nitrogens is 1. The lowest BCUT2D eigenvalue weighted by atomic mass is 9.72. The summed E-state index contributed by atoms with van der Waals surface area (Å²) < 4.78 is 0.802. The SMILES string of the molecule is CCC1CCC(C(CCC(=O)Nc2ncc(SCC(=O)O)s2)CCc2ccccc2)CC1. The van der Waals surface area contributed by atoms with Gasteiger partial charge in [-0.25, -0.2) is 4.98 Å². The highest BCUT2D eigenvalue weighted by Gasteiger charge is 2.27. The van der Waals surface area contributed by atoms with Crippen LogP contribution in [-0.2, 0) is 16.0 Å². The van der Waals surface area contributed by atoms with Gasteiger partial charge >= 0.3 is 5.97 Å². The first-order chi connectivity index (χ1) is 15.5. The zero-order valence-corrected chi connectivity index (χ0v) is 20.4. The van der Waals surface area contributed by atoms with E-state index in [1.807, 2.05) is 0 Å². The number of carbonyl (C=O) groups is 2. The van der Waals surface area contributed by atoms with E-state index in [1.54, 1.807) is 6.20 Å². The zero-order chi connectivity index (χ0) is 22.8. The number of hydrogen-bond acceptors (Lipinski definition) is 5. The molecule has 1 aromatic heterocycles. The van der Waals surface area contributed by atoms with E-state index < -0.39 is 5.97 Å². The summed E-state index contributed by atoms with van der Waals surface area (Å²) in [5, 5.41) is 12.2. The number of benzene rings is 1. The summed E-state index contributed by atoms with van der Waals surface area (Å²) in [6, 6.07) is 10.6. The molecule has 1 amide bonds. The molecule has 1 aromatic carbocycles. The molecule has 2 aromatic rings. The summed E-state index contributed by atoms with van der Waals surface area (Å²) in [5.41, 5.74) is 1.37. The van der Waals surface area contributed by atoms with E-state index in [0.29, 0.717) is 23.4 Å². The average Bonchev–Trinajstić information content (AvgIpc) is 3.25. The fourth-order valence-electron chi connectivity index (χ4n) is 4.70. The van der Waals surface area contributed by atoms with E-state index in [0.717, 1.165) is 29.4 Å². The van der Waals surface area contributed by atoms with Gasteiger partial charge < -0.3 is 10.4 Å². The van der Waals surface area contributed by atoms with Gasteiger partial charge in [0.15, 0.2) is 5.13 Å². The lowest BCUT2D eigenvalue weighted by Crippen LogP contribution is -2.24. The number of thiazole rings is 1. The molecule has 0 spiro atoms. The van der Waals surface area contributed by atoms with Gasteiger partial charge in [-0.3, -0.25) is 9.59 Å². The smallest absolute Gasteiger partial charge is 0.313 e. The maximum Gasteiger partial charge on any atom is 0.313 e. The molecule has 0 aliphatic heterocycles. The van der Waals surface area contributed by atoms with Gasteiger partial charge in [0, 0.05) is 6.42 Å². The number of carbonyl (C=O) groups excluding carboxylic acids is 1. The number of carboxylic acid groups (broad SMARTS) is 1. The minimum Gasteiger partial charge on any atom is -0.481 e. The Balaban J connectivity index is 1.51. The molecule has 32 heavy (non-hydrogen) atoms. The topological polar surface area (TPSA) is 79.3 Å². The zero-order valence-electron chi connectivity index (χ0n) is 18.8. The van der Waals surface area contributed by atoms with E-state index >= 15 is 0 Å². The number of thioether (sulfide) groups is 1. The predicted molar refractivity (Wildman–Crippen MR) is 132 cm³/mol. The van der Waals surface area contributed by atoms with Gasteiger partial charge in [-0.15, -0.1) is 11.8 Å². The van der Waals surface area contributed by atoms with Crippen LogP contribution in [0.25, 0.3) is 0 Å². The van der Waals surface area contributed by atoms with Crippen LogP contribution >= 0.6 is 23.1 Å². The van der Waals surface area contributed by atoms with E-state index in [2.05, 4.69) is 47.6 Å². The molecule has 1 aliphatic rings. The van der Waals surface area contributed by atoms with Crippen LogP contribution in [-0.4, -0.2) is 27.7 Å². The molecule has 174 valence electrons. The number of anilines is 1. The molecule has 1 unspecified atom stereocenters. The van der Waals surface area contributed by atoms with Crippen LogP contribution in [0.3, 0.4) is 0 Å². The summed E-state index contributed by atoms with van der Waals surface area (Å²) in [5.74, 6) is 1.30. The quantitative estimate of drug-likeness (QED) is 0.343. The van der Waals surface area contributed by atoms with Crippen molar-refractivity contribution >= 4 is 40.1 Å². The van der Waals surface area contributed by atoms with E-state index in [1.165, 1.54) is 60.8 Å². The average molecular weight is 475 g/mol. The second-order valence-corrected chi connectivity index (χ2v) is 11.0. The Labute approximate surface area is 199 Å².